The topological polar surface area (TPSA) is 65.5 Å². The zero-order valence-electron chi connectivity index (χ0n) is 14.2. The van der Waals surface area contributed by atoms with Crippen LogP contribution in [0, 0.1) is 11.3 Å². The Balaban J connectivity index is 1.27. The molecule has 0 unspecified atom stereocenters. The number of hydrogen-bond donors (Lipinski definition) is 0. The molecule has 2 fully saturated rings. The van der Waals surface area contributed by atoms with Crippen molar-refractivity contribution in [3.63, 3.8) is 0 Å². The van der Waals surface area contributed by atoms with Gasteiger partial charge in [0.05, 0.1) is 0 Å². The number of para-hydroxylation sites is 1. The van der Waals surface area contributed by atoms with Crippen molar-refractivity contribution in [3.8, 4) is 11.8 Å². The normalized spacial score (nSPS) is 18.1. The van der Waals surface area contributed by atoms with Crippen molar-refractivity contribution < 1.29 is 9.15 Å². The van der Waals surface area contributed by atoms with E-state index < -0.39 is 0 Å². The minimum absolute atomic E-state index is 0.428. The van der Waals surface area contributed by atoms with Crippen LogP contribution in [0.25, 0.3) is 0 Å². The molecule has 0 N–H and O–H groups in total. The molecular weight excluding hydrogens is 316 g/mol. The number of oxazole rings is 1. The Labute approximate surface area is 147 Å². The highest BCUT2D eigenvalue weighted by molar-refractivity contribution is 5.48. The maximum Gasteiger partial charge on any atom is 0.234 e. The van der Waals surface area contributed by atoms with Gasteiger partial charge in [-0.3, -0.25) is 4.90 Å². The lowest BCUT2D eigenvalue weighted by Crippen LogP contribution is -2.47. The lowest BCUT2D eigenvalue weighted by Gasteiger charge is -2.34. The first-order valence-corrected chi connectivity index (χ1v) is 8.89. The molecule has 1 aromatic carbocycles. The Hall–Kier alpha value is -2.52. The first-order valence-electron chi connectivity index (χ1n) is 8.89. The molecule has 2 aliphatic rings. The van der Waals surface area contributed by atoms with E-state index in [1.54, 1.807) is 0 Å². The van der Waals surface area contributed by atoms with Crippen molar-refractivity contribution in [2.75, 3.05) is 44.2 Å². The number of aromatic nitrogens is 1. The highest BCUT2D eigenvalue weighted by atomic mass is 16.5. The number of anilines is 1. The fourth-order valence-electron chi connectivity index (χ4n) is 3.10. The largest absolute Gasteiger partial charge is 0.492 e. The molecule has 2 aromatic rings. The van der Waals surface area contributed by atoms with Gasteiger partial charge in [-0.25, -0.2) is 4.98 Å². The van der Waals surface area contributed by atoms with Gasteiger partial charge in [0.2, 0.25) is 17.5 Å². The van der Waals surface area contributed by atoms with E-state index in [4.69, 9.17) is 9.15 Å². The standard InChI is InChI=1S/C19H22N4O2/c20-14-17-19(25-18(21-17)15-6-7-15)23-10-8-22(9-11-23)12-13-24-16-4-2-1-3-5-16/h1-5,15H,6-13H2. The molecule has 0 radical (unpaired) electrons. The molecule has 1 saturated carbocycles. The summed E-state index contributed by atoms with van der Waals surface area (Å²) >= 11 is 0. The van der Waals surface area contributed by atoms with E-state index in [0.29, 0.717) is 24.1 Å². The minimum atomic E-state index is 0.428. The van der Waals surface area contributed by atoms with Crippen molar-refractivity contribution in [1.82, 2.24) is 9.88 Å². The molecule has 130 valence electrons. The molecule has 0 amide bonds. The SMILES string of the molecule is N#Cc1nc(C2CC2)oc1N1CCN(CCOc2ccccc2)CC1. The Morgan fingerprint density at radius 2 is 1.92 bits per heavy atom. The van der Waals surface area contributed by atoms with Crippen LogP contribution in [0.2, 0.25) is 0 Å². The van der Waals surface area contributed by atoms with Gasteiger partial charge in [0.1, 0.15) is 18.4 Å². The summed E-state index contributed by atoms with van der Waals surface area (Å²) in [6.07, 6.45) is 2.25. The van der Waals surface area contributed by atoms with Crippen molar-refractivity contribution in [1.29, 1.82) is 5.26 Å². The zero-order valence-corrected chi connectivity index (χ0v) is 14.2. The Bertz CT molecular complexity index is 741. The van der Waals surface area contributed by atoms with E-state index in [-0.39, 0.29) is 0 Å². The summed E-state index contributed by atoms with van der Waals surface area (Å²) in [7, 11) is 0. The van der Waals surface area contributed by atoms with Crippen LogP contribution >= 0.6 is 0 Å². The highest BCUT2D eigenvalue weighted by Gasteiger charge is 2.32. The van der Waals surface area contributed by atoms with Crippen molar-refractivity contribution in [3.05, 3.63) is 41.9 Å². The average molecular weight is 338 g/mol. The molecule has 1 aromatic heterocycles. The van der Waals surface area contributed by atoms with Crippen LogP contribution in [0.15, 0.2) is 34.7 Å². The first-order chi connectivity index (χ1) is 12.3. The van der Waals surface area contributed by atoms with Gasteiger partial charge in [-0.15, -0.1) is 0 Å². The number of benzene rings is 1. The van der Waals surface area contributed by atoms with Gasteiger partial charge in [0.15, 0.2) is 0 Å². The number of hydrogen-bond acceptors (Lipinski definition) is 6. The summed E-state index contributed by atoms with van der Waals surface area (Å²) < 4.78 is 11.7. The molecule has 25 heavy (non-hydrogen) atoms. The zero-order chi connectivity index (χ0) is 17.1. The number of ether oxygens (including phenoxy) is 1. The molecule has 6 nitrogen and oxygen atoms in total. The molecule has 4 rings (SSSR count). The smallest absolute Gasteiger partial charge is 0.234 e. The highest BCUT2D eigenvalue weighted by Crippen LogP contribution is 2.41. The lowest BCUT2D eigenvalue weighted by molar-refractivity contribution is 0.198. The molecule has 1 aliphatic carbocycles. The number of piperazine rings is 1. The first kappa shape index (κ1) is 16.0. The van der Waals surface area contributed by atoms with Crippen molar-refractivity contribution in [2.24, 2.45) is 0 Å². The summed E-state index contributed by atoms with van der Waals surface area (Å²) in [5.41, 5.74) is 0.433. The summed E-state index contributed by atoms with van der Waals surface area (Å²) in [6, 6.07) is 12.1. The van der Waals surface area contributed by atoms with Gasteiger partial charge in [-0.2, -0.15) is 5.26 Å². The molecule has 6 heteroatoms. The van der Waals surface area contributed by atoms with Gasteiger partial charge >= 0.3 is 0 Å². The van der Waals surface area contributed by atoms with Crippen LogP contribution in [0.3, 0.4) is 0 Å². The average Bonchev–Trinajstić information content (AvgIpc) is 3.42. The Morgan fingerprint density at radius 1 is 1.16 bits per heavy atom. The molecule has 0 bridgehead atoms. The van der Waals surface area contributed by atoms with Gasteiger partial charge in [-0.05, 0) is 25.0 Å². The second-order valence-corrected chi connectivity index (χ2v) is 6.58. The van der Waals surface area contributed by atoms with E-state index in [9.17, 15) is 5.26 Å². The molecule has 1 saturated heterocycles. The third-order valence-corrected chi connectivity index (χ3v) is 4.74. The third-order valence-electron chi connectivity index (χ3n) is 4.74. The second-order valence-electron chi connectivity index (χ2n) is 6.58. The summed E-state index contributed by atoms with van der Waals surface area (Å²) in [5.74, 6) is 2.74. The number of rotatable bonds is 6. The summed E-state index contributed by atoms with van der Waals surface area (Å²) in [5, 5.41) is 9.31. The fraction of sp³-hybridized carbons (Fsp3) is 0.474. The molecule has 1 aliphatic heterocycles. The number of nitrogens with zero attached hydrogens (tertiary/aromatic N) is 4. The third kappa shape index (κ3) is 3.77. The maximum atomic E-state index is 9.31. The molecular formula is C19H22N4O2. The van der Waals surface area contributed by atoms with E-state index in [1.165, 1.54) is 0 Å². The Morgan fingerprint density at radius 3 is 2.60 bits per heavy atom. The van der Waals surface area contributed by atoms with Crippen LogP contribution in [0.5, 0.6) is 5.75 Å². The van der Waals surface area contributed by atoms with Crippen LogP contribution in [0.4, 0.5) is 5.88 Å². The summed E-state index contributed by atoms with van der Waals surface area (Å²) in [6.45, 7) is 5.14. The van der Waals surface area contributed by atoms with E-state index in [2.05, 4.69) is 20.9 Å². The summed E-state index contributed by atoms with van der Waals surface area (Å²) in [4.78, 5) is 8.89. The maximum absolute atomic E-state index is 9.31. The molecule has 2 heterocycles. The molecule has 0 atom stereocenters. The van der Waals surface area contributed by atoms with Crippen LogP contribution < -0.4 is 9.64 Å². The van der Waals surface area contributed by atoms with Crippen LogP contribution in [0.1, 0.15) is 30.3 Å². The fourth-order valence-corrected chi connectivity index (χ4v) is 3.10. The van der Waals surface area contributed by atoms with E-state index in [0.717, 1.165) is 57.2 Å². The monoisotopic (exact) mass is 338 g/mol. The Kier molecular flexibility index (Phi) is 4.57. The predicted octanol–water partition coefficient (Wildman–Crippen LogP) is 2.62. The molecule has 0 spiro atoms. The van der Waals surface area contributed by atoms with Crippen LogP contribution in [-0.4, -0.2) is 49.2 Å². The van der Waals surface area contributed by atoms with Crippen LogP contribution in [-0.2, 0) is 0 Å². The van der Waals surface area contributed by atoms with E-state index in [1.807, 2.05) is 30.3 Å². The van der Waals surface area contributed by atoms with Crippen molar-refractivity contribution in [2.45, 2.75) is 18.8 Å². The van der Waals surface area contributed by atoms with E-state index >= 15 is 0 Å². The van der Waals surface area contributed by atoms with Crippen molar-refractivity contribution >= 4 is 5.88 Å². The predicted molar refractivity (Wildman–Crippen MR) is 93.8 cm³/mol. The quantitative estimate of drug-likeness (QED) is 0.807. The van der Waals surface area contributed by atoms with Gasteiger partial charge in [0, 0.05) is 38.6 Å². The minimum Gasteiger partial charge on any atom is -0.492 e. The van der Waals surface area contributed by atoms with Gasteiger partial charge in [-0.1, -0.05) is 18.2 Å². The van der Waals surface area contributed by atoms with Gasteiger partial charge in [0.25, 0.3) is 0 Å². The lowest BCUT2D eigenvalue weighted by atomic mass is 10.3. The second kappa shape index (κ2) is 7.16. The number of nitriles is 1. The van der Waals surface area contributed by atoms with Gasteiger partial charge < -0.3 is 14.1 Å².